The zero-order chi connectivity index (χ0) is 14.7. The molecule has 1 amide bonds. The highest BCUT2D eigenvalue weighted by molar-refractivity contribution is 5.87. The van der Waals surface area contributed by atoms with Gasteiger partial charge in [0.1, 0.15) is 0 Å². The van der Waals surface area contributed by atoms with E-state index in [4.69, 9.17) is 9.84 Å². The number of ether oxygens (including phenoxy) is 1. The van der Waals surface area contributed by atoms with Crippen LogP contribution in [0.3, 0.4) is 0 Å². The lowest BCUT2D eigenvalue weighted by Crippen LogP contribution is -2.62. The maximum absolute atomic E-state index is 12.7. The van der Waals surface area contributed by atoms with Gasteiger partial charge in [-0.2, -0.15) is 13.2 Å². The molecule has 0 radical (unpaired) electrons. The van der Waals surface area contributed by atoms with Crippen LogP contribution in [0, 0.1) is 0 Å². The molecule has 6 nitrogen and oxygen atoms in total. The van der Waals surface area contributed by atoms with Gasteiger partial charge in [-0.15, -0.1) is 0 Å². The monoisotopic (exact) mass is 284 g/mol. The smallest absolute Gasteiger partial charge is 0.422 e. The Morgan fingerprint density at radius 2 is 2.11 bits per heavy atom. The second-order valence-electron chi connectivity index (χ2n) is 4.41. The van der Waals surface area contributed by atoms with Crippen LogP contribution in [0.15, 0.2) is 0 Å². The molecular weight excluding hydrogens is 269 g/mol. The van der Waals surface area contributed by atoms with E-state index in [0.717, 1.165) is 0 Å². The Labute approximate surface area is 107 Å². The lowest BCUT2D eigenvalue weighted by atomic mass is 10.0. The number of hydrogen-bond donors (Lipinski definition) is 3. The molecular formula is C10H15F3N2O4. The fraction of sp³-hybridized carbons (Fsp3) is 0.800. The van der Waals surface area contributed by atoms with Crippen LogP contribution < -0.4 is 10.6 Å². The summed E-state index contributed by atoms with van der Waals surface area (Å²) in [6.45, 7) is 1.57. The minimum atomic E-state index is -5.08. The number of carbonyl (C=O) groups is 2. The van der Waals surface area contributed by atoms with E-state index in [9.17, 15) is 22.8 Å². The molecule has 1 aliphatic rings. The van der Waals surface area contributed by atoms with E-state index < -0.39 is 29.6 Å². The summed E-state index contributed by atoms with van der Waals surface area (Å²) in [7, 11) is 0. The molecule has 0 aromatic heterocycles. The standard InChI is InChI=1S/C10H15F3N2O4/c1-9(8(17)18,10(11,12)13)15-7(16)4-6-5-19-3-2-14-6/h6,14H,2-5H2,1H3,(H,15,16)(H,17,18). The Hall–Kier alpha value is -1.35. The first-order chi connectivity index (χ1) is 8.67. The van der Waals surface area contributed by atoms with Crippen molar-refractivity contribution in [2.45, 2.75) is 31.1 Å². The van der Waals surface area contributed by atoms with Crippen LogP contribution in [0.25, 0.3) is 0 Å². The summed E-state index contributed by atoms with van der Waals surface area (Å²) in [5.74, 6) is -3.15. The van der Waals surface area contributed by atoms with Crippen molar-refractivity contribution in [2.75, 3.05) is 19.8 Å². The third-order valence-corrected chi connectivity index (χ3v) is 2.81. The summed E-state index contributed by atoms with van der Waals surface area (Å²) in [5, 5.41) is 13.1. The molecule has 3 N–H and O–H groups in total. The molecule has 1 rings (SSSR count). The van der Waals surface area contributed by atoms with E-state index in [0.29, 0.717) is 20.1 Å². The number of amides is 1. The molecule has 0 aromatic carbocycles. The van der Waals surface area contributed by atoms with Gasteiger partial charge in [0.25, 0.3) is 0 Å². The summed E-state index contributed by atoms with van der Waals surface area (Å²) in [6.07, 6.45) is -5.36. The molecule has 9 heteroatoms. The number of carboxylic acid groups (broad SMARTS) is 1. The predicted molar refractivity (Wildman–Crippen MR) is 57.5 cm³/mol. The first kappa shape index (κ1) is 15.7. The third kappa shape index (κ3) is 3.80. The van der Waals surface area contributed by atoms with Gasteiger partial charge in [-0.25, -0.2) is 4.79 Å². The third-order valence-electron chi connectivity index (χ3n) is 2.81. The van der Waals surface area contributed by atoms with Gasteiger partial charge in [0.05, 0.1) is 13.2 Å². The van der Waals surface area contributed by atoms with E-state index in [1.807, 2.05) is 0 Å². The Balaban J connectivity index is 2.64. The maximum atomic E-state index is 12.7. The molecule has 2 atom stereocenters. The molecule has 0 aliphatic carbocycles. The zero-order valence-corrected chi connectivity index (χ0v) is 10.2. The summed E-state index contributed by atoms with van der Waals surface area (Å²) in [5.41, 5.74) is -3.29. The molecule has 1 aliphatic heterocycles. The first-order valence-electron chi connectivity index (χ1n) is 5.59. The van der Waals surface area contributed by atoms with Crippen LogP contribution in [-0.4, -0.2) is 54.5 Å². The topological polar surface area (TPSA) is 87.7 Å². The van der Waals surface area contributed by atoms with Crippen LogP contribution in [0.5, 0.6) is 0 Å². The first-order valence-corrected chi connectivity index (χ1v) is 5.59. The number of nitrogens with one attached hydrogen (secondary N) is 2. The number of halogens is 3. The number of carbonyl (C=O) groups excluding carboxylic acids is 1. The van der Waals surface area contributed by atoms with Crippen LogP contribution in [0.2, 0.25) is 0 Å². The molecule has 110 valence electrons. The van der Waals surface area contributed by atoms with Crippen molar-refractivity contribution < 1.29 is 32.6 Å². The van der Waals surface area contributed by atoms with Gasteiger partial charge in [-0.1, -0.05) is 0 Å². The molecule has 1 heterocycles. The number of rotatable bonds is 4. The van der Waals surface area contributed by atoms with Gasteiger partial charge in [-0.05, 0) is 6.92 Å². The minimum absolute atomic E-state index is 0.198. The fourth-order valence-corrected chi connectivity index (χ4v) is 1.55. The van der Waals surface area contributed by atoms with Gasteiger partial charge in [0.15, 0.2) is 0 Å². The number of aliphatic carboxylic acids is 1. The Morgan fingerprint density at radius 1 is 1.47 bits per heavy atom. The molecule has 1 fully saturated rings. The molecule has 1 saturated heterocycles. The predicted octanol–water partition coefficient (Wildman–Crippen LogP) is -0.113. The van der Waals surface area contributed by atoms with Crippen LogP contribution in [-0.2, 0) is 14.3 Å². The Morgan fingerprint density at radius 3 is 2.53 bits per heavy atom. The fourth-order valence-electron chi connectivity index (χ4n) is 1.55. The zero-order valence-electron chi connectivity index (χ0n) is 10.2. The lowest BCUT2D eigenvalue weighted by molar-refractivity contribution is -0.207. The largest absolute Gasteiger partial charge is 0.479 e. The summed E-state index contributed by atoms with van der Waals surface area (Å²) < 4.78 is 43.0. The number of morpholine rings is 1. The summed E-state index contributed by atoms with van der Waals surface area (Å²) in [4.78, 5) is 22.2. The number of carboxylic acids is 1. The number of alkyl halides is 3. The number of hydrogen-bond acceptors (Lipinski definition) is 4. The van der Waals surface area contributed by atoms with Crippen LogP contribution >= 0.6 is 0 Å². The highest BCUT2D eigenvalue weighted by Crippen LogP contribution is 2.30. The van der Waals surface area contributed by atoms with Gasteiger partial charge in [0, 0.05) is 19.0 Å². The van der Waals surface area contributed by atoms with Crippen molar-refractivity contribution in [1.29, 1.82) is 0 Å². The highest BCUT2D eigenvalue weighted by Gasteiger charge is 2.58. The molecule has 0 bridgehead atoms. The maximum Gasteiger partial charge on any atom is 0.422 e. The minimum Gasteiger partial charge on any atom is -0.479 e. The van der Waals surface area contributed by atoms with Crippen molar-refractivity contribution in [3.63, 3.8) is 0 Å². The lowest BCUT2D eigenvalue weighted by Gasteiger charge is -2.30. The van der Waals surface area contributed by atoms with Crippen molar-refractivity contribution in [2.24, 2.45) is 0 Å². The molecule has 0 spiro atoms. The summed E-state index contributed by atoms with van der Waals surface area (Å²) in [6, 6.07) is -0.417. The van der Waals surface area contributed by atoms with E-state index in [1.165, 1.54) is 5.32 Å². The second-order valence-corrected chi connectivity index (χ2v) is 4.41. The molecule has 0 aromatic rings. The average molecular weight is 284 g/mol. The van der Waals surface area contributed by atoms with E-state index in [-0.39, 0.29) is 13.0 Å². The van der Waals surface area contributed by atoms with Crippen molar-refractivity contribution in [1.82, 2.24) is 10.6 Å². The van der Waals surface area contributed by atoms with Crippen molar-refractivity contribution in [3.05, 3.63) is 0 Å². The summed E-state index contributed by atoms with van der Waals surface area (Å²) >= 11 is 0. The highest BCUT2D eigenvalue weighted by atomic mass is 19.4. The van der Waals surface area contributed by atoms with Gasteiger partial charge in [-0.3, -0.25) is 4.79 Å². The average Bonchev–Trinajstić information content (AvgIpc) is 2.28. The van der Waals surface area contributed by atoms with Crippen molar-refractivity contribution >= 4 is 11.9 Å². The van der Waals surface area contributed by atoms with Gasteiger partial charge < -0.3 is 20.5 Å². The SMILES string of the molecule is CC(NC(=O)CC1COCCN1)(C(=O)O)C(F)(F)F. The quantitative estimate of drug-likeness (QED) is 0.670. The Kier molecular flexibility index (Phi) is 4.75. The van der Waals surface area contributed by atoms with E-state index in [1.54, 1.807) is 0 Å². The normalized spacial score (nSPS) is 23.5. The van der Waals surface area contributed by atoms with Crippen LogP contribution in [0.4, 0.5) is 13.2 Å². The van der Waals surface area contributed by atoms with Gasteiger partial charge >= 0.3 is 12.1 Å². The van der Waals surface area contributed by atoms with Crippen LogP contribution in [0.1, 0.15) is 13.3 Å². The molecule has 19 heavy (non-hydrogen) atoms. The Bertz CT molecular complexity index is 355. The van der Waals surface area contributed by atoms with E-state index >= 15 is 0 Å². The van der Waals surface area contributed by atoms with Crippen molar-refractivity contribution in [3.8, 4) is 0 Å². The molecule has 0 saturated carbocycles. The van der Waals surface area contributed by atoms with Gasteiger partial charge in [0.2, 0.25) is 11.4 Å². The second kappa shape index (κ2) is 5.74. The molecule has 2 unspecified atom stereocenters. The van der Waals surface area contributed by atoms with E-state index in [2.05, 4.69) is 5.32 Å².